The molecule has 2 aliphatic rings. The average molecular weight is 305 g/mol. The summed E-state index contributed by atoms with van der Waals surface area (Å²) in [5.74, 6) is 1.70. The normalized spacial score (nSPS) is 26.4. The van der Waals surface area contributed by atoms with Gasteiger partial charge in [-0.25, -0.2) is 0 Å². The molecule has 1 aliphatic carbocycles. The SMILES string of the molecule is CC1CN(CC(C)(C)C)CC1NC(=O)c1cc(C2CC2)on1. The molecule has 0 aromatic carbocycles. The highest BCUT2D eigenvalue weighted by atomic mass is 16.5. The fourth-order valence-corrected chi connectivity index (χ4v) is 3.25. The smallest absolute Gasteiger partial charge is 0.273 e. The molecule has 1 aliphatic heterocycles. The van der Waals surface area contributed by atoms with Gasteiger partial charge in [0.2, 0.25) is 0 Å². The highest BCUT2D eigenvalue weighted by Crippen LogP contribution is 2.40. The van der Waals surface area contributed by atoms with Crippen molar-refractivity contribution in [2.45, 2.75) is 52.5 Å². The van der Waals surface area contributed by atoms with Gasteiger partial charge in [-0.3, -0.25) is 4.79 Å². The summed E-state index contributed by atoms with van der Waals surface area (Å²) in [4.78, 5) is 14.8. The number of hydrogen-bond donors (Lipinski definition) is 1. The molecule has 0 bridgehead atoms. The number of nitrogens with zero attached hydrogens (tertiary/aromatic N) is 2. The van der Waals surface area contributed by atoms with Crippen molar-refractivity contribution in [2.75, 3.05) is 19.6 Å². The molecule has 5 heteroatoms. The van der Waals surface area contributed by atoms with E-state index in [1.54, 1.807) is 6.07 Å². The molecule has 2 unspecified atom stereocenters. The Balaban J connectivity index is 1.56. The first-order valence-electron chi connectivity index (χ1n) is 8.32. The molecule has 1 aromatic rings. The van der Waals surface area contributed by atoms with Crippen molar-refractivity contribution in [1.29, 1.82) is 0 Å². The van der Waals surface area contributed by atoms with Gasteiger partial charge < -0.3 is 14.7 Å². The lowest BCUT2D eigenvalue weighted by molar-refractivity contribution is 0.0921. The third kappa shape index (κ3) is 3.69. The van der Waals surface area contributed by atoms with Gasteiger partial charge in [-0.2, -0.15) is 0 Å². The Morgan fingerprint density at radius 3 is 2.77 bits per heavy atom. The molecule has 0 spiro atoms. The zero-order valence-corrected chi connectivity index (χ0v) is 14.1. The topological polar surface area (TPSA) is 58.4 Å². The monoisotopic (exact) mass is 305 g/mol. The lowest BCUT2D eigenvalue weighted by atomic mass is 9.96. The second-order valence-electron chi connectivity index (χ2n) is 8.20. The largest absolute Gasteiger partial charge is 0.360 e. The van der Waals surface area contributed by atoms with Gasteiger partial charge >= 0.3 is 0 Å². The Morgan fingerprint density at radius 1 is 1.41 bits per heavy atom. The summed E-state index contributed by atoms with van der Waals surface area (Å²) in [6.45, 7) is 12.0. The Kier molecular flexibility index (Phi) is 4.02. The van der Waals surface area contributed by atoms with Gasteiger partial charge in [0.25, 0.3) is 5.91 Å². The van der Waals surface area contributed by atoms with Crippen molar-refractivity contribution in [2.24, 2.45) is 11.3 Å². The first kappa shape index (κ1) is 15.5. The molecular weight excluding hydrogens is 278 g/mol. The summed E-state index contributed by atoms with van der Waals surface area (Å²) in [6.07, 6.45) is 2.30. The Morgan fingerprint density at radius 2 is 2.14 bits per heavy atom. The van der Waals surface area contributed by atoms with Crippen molar-refractivity contribution in [3.63, 3.8) is 0 Å². The third-order valence-electron chi connectivity index (χ3n) is 4.44. The van der Waals surface area contributed by atoms with E-state index in [2.05, 4.69) is 43.1 Å². The summed E-state index contributed by atoms with van der Waals surface area (Å²) in [6, 6.07) is 2.00. The molecule has 5 nitrogen and oxygen atoms in total. The molecule has 22 heavy (non-hydrogen) atoms. The quantitative estimate of drug-likeness (QED) is 0.929. The summed E-state index contributed by atoms with van der Waals surface area (Å²) < 4.78 is 5.27. The molecule has 1 aromatic heterocycles. The van der Waals surface area contributed by atoms with E-state index >= 15 is 0 Å². The van der Waals surface area contributed by atoms with E-state index in [-0.39, 0.29) is 17.4 Å². The zero-order valence-electron chi connectivity index (χ0n) is 14.1. The molecule has 2 fully saturated rings. The maximum Gasteiger partial charge on any atom is 0.273 e. The van der Waals surface area contributed by atoms with E-state index in [1.807, 2.05) is 0 Å². The number of likely N-dealkylation sites (tertiary alicyclic amines) is 1. The van der Waals surface area contributed by atoms with Gasteiger partial charge in [0, 0.05) is 37.7 Å². The van der Waals surface area contributed by atoms with Crippen LogP contribution in [0.15, 0.2) is 10.6 Å². The van der Waals surface area contributed by atoms with Crippen LogP contribution >= 0.6 is 0 Å². The van der Waals surface area contributed by atoms with E-state index in [9.17, 15) is 4.79 Å². The van der Waals surface area contributed by atoms with Crippen LogP contribution in [0.5, 0.6) is 0 Å². The maximum atomic E-state index is 12.3. The second-order valence-corrected chi connectivity index (χ2v) is 8.20. The number of hydrogen-bond acceptors (Lipinski definition) is 4. The molecule has 3 rings (SSSR count). The first-order chi connectivity index (χ1) is 10.3. The molecule has 122 valence electrons. The van der Waals surface area contributed by atoms with Gasteiger partial charge in [0.15, 0.2) is 5.69 Å². The van der Waals surface area contributed by atoms with Gasteiger partial charge in [0.05, 0.1) is 0 Å². The van der Waals surface area contributed by atoms with Crippen LogP contribution in [0.4, 0.5) is 0 Å². The van der Waals surface area contributed by atoms with Crippen LogP contribution in [0.25, 0.3) is 0 Å². The minimum absolute atomic E-state index is 0.106. The molecule has 1 saturated carbocycles. The summed E-state index contributed by atoms with van der Waals surface area (Å²) >= 11 is 0. The molecule has 2 atom stereocenters. The fourth-order valence-electron chi connectivity index (χ4n) is 3.25. The maximum absolute atomic E-state index is 12.3. The highest BCUT2D eigenvalue weighted by Gasteiger charge is 2.34. The number of amides is 1. The zero-order chi connectivity index (χ0) is 15.9. The van der Waals surface area contributed by atoms with Crippen LogP contribution in [-0.2, 0) is 0 Å². The van der Waals surface area contributed by atoms with Crippen LogP contribution < -0.4 is 5.32 Å². The van der Waals surface area contributed by atoms with Crippen molar-refractivity contribution in [3.05, 3.63) is 17.5 Å². The van der Waals surface area contributed by atoms with Crippen LogP contribution in [0.1, 0.15) is 62.7 Å². The Hall–Kier alpha value is -1.36. The van der Waals surface area contributed by atoms with E-state index in [0.29, 0.717) is 17.5 Å². The average Bonchev–Trinajstić information content (AvgIpc) is 3.03. The van der Waals surface area contributed by atoms with Gasteiger partial charge in [-0.1, -0.05) is 32.9 Å². The molecule has 2 heterocycles. The van der Waals surface area contributed by atoms with Crippen molar-refractivity contribution >= 4 is 5.91 Å². The first-order valence-corrected chi connectivity index (χ1v) is 8.32. The number of rotatable bonds is 4. The van der Waals surface area contributed by atoms with E-state index in [1.165, 1.54) is 0 Å². The number of carbonyl (C=O) groups is 1. The van der Waals surface area contributed by atoms with Crippen molar-refractivity contribution < 1.29 is 9.32 Å². The predicted molar refractivity (Wildman–Crippen MR) is 84.8 cm³/mol. The Labute approximate surface area is 132 Å². The summed E-state index contributed by atoms with van der Waals surface area (Å²) in [5, 5.41) is 7.05. The van der Waals surface area contributed by atoms with Crippen LogP contribution in [0.3, 0.4) is 0 Å². The van der Waals surface area contributed by atoms with E-state index in [0.717, 1.165) is 38.2 Å². The van der Waals surface area contributed by atoms with Gasteiger partial charge in [-0.15, -0.1) is 0 Å². The number of aromatic nitrogens is 1. The predicted octanol–water partition coefficient (Wildman–Crippen LogP) is 2.65. The molecule has 1 saturated heterocycles. The standard InChI is InChI=1S/C17H27N3O2/c1-11-8-20(10-17(2,3)4)9-14(11)18-16(21)13-7-15(22-19-13)12-5-6-12/h7,11-12,14H,5-6,8-10H2,1-4H3,(H,18,21). The molecular formula is C17H27N3O2. The molecule has 1 amide bonds. The second kappa shape index (κ2) is 5.69. The Bertz CT molecular complexity index is 542. The van der Waals surface area contributed by atoms with E-state index in [4.69, 9.17) is 4.52 Å². The minimum Gasteiger partial charge on any atom is -0.360 e. The van der Waals surface area contributed by atoms with Gasteiger partial charge in [-0.05, 0) is 24.2 Å². The molecule has 0 radical (unpaired) electrons. The highest BCUT2D eigenvalue weighted by molar-refractivity contribution is 5.92. The lowest BCUT2D eigenvalue weighted by Crippen LogP contribution is -2.40. The van der Waals surface area contributed by atoms with Gasteiger partial charge in [0.1, 0.15) is 5.76 Å². The fraction of sp³-hybridized carbons (Fsp3) is 0.765. The minimum atomic E-state index is -0.106. The lowest BCUT2D eigenvalue weighted by Gasteiger charge is -2.26. The number of carbonyl (C=O) groups excluding carboxylic acids is 1. The summed E-state index contributed by atoms with van der Waals surface area (Å²) in [5.41, 5.74) is 0.701. The summed E-state index contributed by atoms with van der Waals surface area (Å²) in [7, 11) is 0. The van der Waals surface area contributed by atoms with Crippen molar-refractivity contribution in [1.82, 2.24) is 15.4 Å². The van der Waals surface area contributed by atoms with E-state index < -0.39 is 0 Å². The molecule has 1 N–H and O–H groups in total. The van der Waals surface area contributed by atoms with Crippen molar-refractivity contribution in [3.8, 4) is 0 Å². The number of nitrogens with one attached hydrogen (secondary N) is 1. The van der Waals surface area contributed by atoms with Crippen LogP contribution in [0.2, 0.25) is 0 Å². The van der Waals surface area contributed by atoms with Crippen LogP contribution in [-0.4, -0.2) is 41.6 Å². The van der Waals surface area contributed by atoms with Crippen LogP contribution in [0, 0.1) is 11.3 Å². The third-order valence-corrected chi connectivity index (χ3v) is 4.44.